The quantitative estimate of drug-likeness (QED) is 0.517. The molecule has 0 saturated carbocycles. The summed E-state index contributed by atoms with van der Waals surface area (Å²) in [5.74, 6) is 0.494. The fraction of sp³-hybridized carbons (Fsp3) is 0. The third-order valence-electron chi connectivity index (χ3n) is 4.12. The summed E-state index contributed by atoms with van der Waals surface area (Å²) in [6, 6.07) is 21.2. The Morgan fingerprint density at radius 1 is 0.619 bits per heavy atom. The maximum atomic E-state index is 9.79. The van der Waals surface area contributed by atoms with Gasteiger partial charge in [-0.1, -0.05) is 58.9 Å². The van der Waals surface area contributed by atoms with Gasteiger partial charge >= 0.3 is 0 Å². The molecule has 21 heavy (non-hydrogen) atoms. The molecule has 0 fully saturated rings. The minimum atomic E-state index is 0.150. The number of hydrogen-bond donors (Lipinski definition) is 2. The van der Waals surface area contributed by atoms with Gasteiger partial charge in [-0.3, -0.25) is 0 Å². The van der Waals surface area contributed by atoms with Crippen LogP contribution in [0.4, 0.5) is 0 Å². The Bertz CT molecular complexity index is 776. The number of phenolic OH excluding ortho intramolecular Hbond substituents is 2. The van der Waals surface area contributed by atoms with E-state index in [4.69, 9.17) is 0 Å². The predicted molar refractivity (Wildman–Crippen MR) is 86.3 cm³/mol. The van der Waals surface area contributed by atoms with Gasteiger partial charge in [-0.2, -0.15) is 0 Å². The minimum absolute atomic E-state index is 0.150. The van der Waals surface area contributed by atoms with E-state index in [0.717, 1.165) is 11.1 Å². The van der Waals surface area contributed by atoms with Crippen LogP contribution in [0.1, 0.15) is 0 Å². The van der Waals surface area contributed by atoms with Crippen LogP contribution < -0.4 is 16.4 Å². The van der Waals surface area contributed by atoms with Crippen molar-refractivity contribution in [2.75, 3.05) is 0 Å². The number of fused-ring (bicyclic) bond motifs is 3. The van der Waals surface area contributed by atoms with Crippen LogP contribution in [-0.2, 0) is 0 Å². The van der Waals surface area contributed by atoms with Gasteiger partial charge < -0.3 is 10.2 Å². The summed E-state index contributed by atoms with van der Waals surface area (Å²) in [5.41, 5.74) is 5.54. The Morgan fingerprint density at radius 3 is 1.67 bits per heavy atom. The molecule has 0 aromatic heterocycles. The molecule has 0 bridgehead atoms. The Morgan fingerprint density at radius 2 is 1.14 bits per heavy atom. The van der Waals surface area contributed by atoms with Gasteiger partial charge in [0.25, 0.3) is 0 Å². The highest BCUT2D eigenvalue weighted by molar-refractivity contribution is 6.99. The van der Waals surface area contributed by atoms with E-state index in [1.54, 1.807) is 24.3 Å². The lowest BCUT2D eigenvalue weighted by atomic mass is 9.39. The van der Waals surface area contributed by atoms with Crippen molar-refractivity contribution in [3.05, 3.63) is 66.7 Å². The van der Waals surface area contributed by atoms with Gasteiger partial charge in [0, 0.05) is 0 Å². The first-order valence-electron chi connectivity index (χ1n) is 6.95. The lowest BCUT2D eigenvalue weighted by Crippen LogP contribution is -2.48. The van der Waals surface area contributed by atoms with Crippen LogP contribution in [0.2, 0.25) is 0 Å². The van der Waals surface area contributed by atoms with E-state index in [1.165, 1.54) is 16.4 Å². The van der Waals surface area contributed by atoms with Crippen molar-refractivity contribution in [2.45, 2.75) is 0 Å². The summed E-state index contributed by atoms with van der Waals surface area (Å²) < 4.78 is 0. The van der Waals surface area contributed by atoms with Gasteiger partial charge in [0.05, 0.1) is 0 Å². The summed E-state index contributed by atoms with van der Waals surface area (Å²) in [4.78, 5) is 0. The molecule has 3 aromatic carbocycles. The average molecular weight is 272 g/mol. The van der Waals surface area contributed by atoms with Gasteiger partial charge in [-0.05, 0) is 35.4 Å². The normalized spacial score (nSPS) is 12.1. The first-order valence-corrected chi connectivity index (χ1v) is 6.95. The van der Waals surface area contributed by atoms with E-state index in [-0.39, 0.29) is 18.2 Å². The van der Waals surface area contributed by atoms with Gasteiger partial charge in [0.15, 0.2) is 0 Å². The molecule has 4 rings (SSSR count). The fourth-order valence-electron chi connectivity index (χ4n) is 3.23. The van der Waals surface area contributed by atoms with E-state index >= 15 is 0 Å². The van der Waals surface area contributed by atoms with Crippen LogP contribution in [0.25, 0.3) is 11.1 Å². The molecular formula is C18H13BO2. The first-order chi connectivity index (χ1) is 10.2. The van der Waals surface area contributed by atoms with Crippen molar-refractivity contribution in [1.82, 2.24) is 0 Å². The van der Waals surface area contributed by atoms with Crippen LogP contribution in [-0.4, -0.2) is 16.9 Å². The molecule has 3 heteroatoms. The summed E-state index contributed by atoms with van der Waals surface area (Å²) in [5, 5.41) is 19.6. The van der Waals surface area contributed by atoms with E-state index in [2.05, 4.69) is 12.1 Å². The van der Waals surface area contributed by atoms with Crippen molar-refractivity contribution >= 4 is 23.1 Å². The lowest BCUT2D eigenvalue weighted by Gasteiger charge is -2.10. The Labute approximate surface area is 123 Å². The molecular weight excluding hydrogens is 259 g/mol. The van der Waals surface area contributed by atoms with Gasteiger partial charge in [0.1, 0.15) is 11.5 Å². The van der Waals surface area contributed by atoms with Crippen LogP contribution >= 0.6 is 0 Å². The molecule has 100 valence electrons. The minimum Gasteiger partial charge on any atom is -0.508 e. The standard InChI is InChI=1S/C18H13BO2/c20-13-6-8-17-15(10-13)16-11-14(21)7-9-18(16)19(17)12-4-2-1-3-5-12/h1-11,20-21H. The second kappa shape index (κ2) is 4.42. The molecule has 1 aliphatic heterocycles. The van der Waals surface area contributed by atoms with E-state index in [9.17, 15) is 10.2 Å². The molecule has 0 aliphatic carbocycles. The molecule has 1 heterocycles. The van der Waals surface area contributed by atoms with E-state index in [0.29, 0.717) is 0 Å². The smallest absolute Gasteiger partial charge is 0.242 e. The van der Waals surface area contributed by atoms with E-state index < -0.39 is 0 Å². The van der Waals surface area contributed by atoms with E-state index in [1.807, 2.05) is 30.3 Å². The van der Waals surface area contributed by atoms with Crippen LogP contribution in [0.3, 0.4) is 0 Å². The Kier molecular flexibility index (Phi) is 2.55. The third-order valence-corrected chi connectivity index (χ3v) is 4.12. The number of phenols is 2. The van der Waals surface area contributed by atoms with Crippen molar-refractivity contribution < 1.29 is 10.2 Å². The second-order valence-electron chi connectivity index (χ2n) is 5.39. The molecule has 0 radical (unpaired) electrons. The maximum absolute atomic E-state index is 9.79. The number of benzene rings is 3. The third kappa shape index (κ3) is 1.82. The average Bonchev–Trinajstić information content (AvgIpc) is 2.81. The number of aromatic hydroxyl groups is 2. The van der Waals surface area contributed by atoms with Gasteiger partial charge in [-0.15, -0.1) is 0 Å². The summed E-state index contributed by atoms with van der Waals surface area (Å²) >= 11 is 0. The molecule has 0 spiro atoms. The summed E-state index contributed by atoms with van der Waals surface area (Å²) in [6.45, 7) is 0.150. The Hall–Kier alpha value is -2.68. The summed E-state index contributed by atoms with van der Waals surface area (Å²) in [6.07, 6.45) is 0. The topological polar surface area (TPSA) is 40.5 Å². The van der Waals surface area contributed by atoms with Crippen LogP contribution in [0, 0.1) is 0 Å². The monoisotopic (exact) mass is 272 g/mol. The molecule has 2 nitrogen and oxygen atoms in total. The highest BCUT2D eigenvalue weighted by atomic mass is 16.3. The molecule has 1 aliphatic rings. The first kappa shape index (κ1) is 12.1. The van der Waals surface area contributed by atoms with Crippen molar-refractivity contribution in [2.24, 2.45) is 0 Å². The zero-order chi connectivity index (χ0) is 14.4. The second-order valence-corrected chi connectivity index (χ2v) is 5.39. The zero-order valence-corrected chi connectivity index (χ0v) is 11.3. The molecule has 0 atom stereocenters. The number of rotatable bonds is 1. The van der Waals surface area contributed by atoms with Crippen LogP contribution in [0.5, 0.6) is 11.5 Å². The number of hydrogen-bond acceptors (Lipinski definition) is 2. The highest BCUT2D eigenvalue weighted by Gasteiger charge is 2.33. The maximum Gasteiger partial charge on any atom is 0.242 e. The van der Waals surface area contributed by atoms with Crippen molar-refractivity contribution in [3.63, 3.8) is 0 Å². The SMILES string of the molecule is Oc1ccc2c(c1)-c1cc(O)ccc1B2c1ccccc1. The molecule has 0 saturated heterocycles. The predicted octanol–water partition coefficient (Wildman–Crippen LogP) is 1.59. The van der Waals surface area contributed by atoms with Gasteiger partial charge in [0.2, 0.25) is 6.71 Å². The lowest BCUT2D eigenvalue weighted by molar-refractivity contribution is 0.474. The van der Waals surface area contributed by atoms with Crippen molar-refractivity contribution in [1.29, 1.82) is 0 Å². The Balaban J connectivity index is 2.02. The van der Waals surface area contributed by atoms with Crippen molar-refractivity contribution in [3.8, 4) is 22.6 Å². The fourth-order valence-corrected chi connectivity index (χ4v) is 3.23. The summed E-state index contributed by atoms with van der Waals surface area (Å²) in [7, 11) is 0. The molecule has 0 unspecified atom stereocenters. The molecule has 3 aromatic rings. The molecule has 0 amide bonds. The molecule has 2 N–H and O–H groups in total. The zero-order valence-electron chi connectivity index (χ0n) is 11.3. The largest absolute Gasteiger partial charge is 0.508 e. The highest BCUT2D eigenvalue weighted by Crippen LogP contribution is 2.28. The van der Waals surface area contributed by atoms with Crippen LogP contribution in [0.15, 0.2) is 66.7 Å². The van der Waals surface area contributed by atoms with Gasteiger partial charge in [-0.25, -0.2) is 0 Å².